The van der Waals surface area contributed by atoms with Crippen molar-refractivity contribution in [1.29, 1.82) is 0 Å². The van der Waals surface area contributed by atoms with Crippen molar-refractivity contribution in [2.45, 2.75) is 25.8 Å². The number of phosphoric acid groups is 1. The zero-order valence-electron chi connectivity index (χ0n) is 11.6. The number of carbonyl (C=O) groups excluding carboxylic acids is 1. The van der Waals surface area contributed by atoms with Gasteiger partial charge >= 0.3 is 13.8 Å². The Kier molecular flexibility index (Phi) is 5.00. The van der Waals surface area contributed by atoms with Gasteiger partial charge in [0.2, 0.25) is 0 Å². The van der Waals surface area contributed by atoms with Gasteiger partial charge in [-0.1, -0.05) is 18.2 Å². The van der Waals surface area contributed by atoms with Crippen LogP contribution in [-0.2, 0) is 18.7 Å². The summed E-state index contributed by atoms with van der Waals surface area (Å²) in [6, 6.07) is 7.90. The third kappa shape index (κ3) is 5.13. The van der Waals surface area contributed by atoms with E-state index < -0.39 is 19.8 Å². The van der Waals surface area contributed by atoms with Crippen LogP contribution in [0.5, 0.6) is 0 Å². The fourth-order valence-corrected chi connectivity index (χ4v) is 2.13. The van der Waals surface area contributed by atoms with Crippen LogP contribution >= 0.6 is 7.82 Å². The zero-order chi connectivity index (χ0) is 15.5. The molecule has 0 amide bonds. The second-order valence-electron chi connectivity index (χ2n) is 4.98. The number of hydrogen-bond donors (Lipinski definition) is 2. The first-order valence-electron chi connectivity index (χ1n) is 6.63. The van der Waals surface area contributed by atoms with E-state index in [2.05, 4.69) is 4.52 Å². The maximum absolute atomic E-state index is 11.8. The molecule has 1 aliphatic carbocycles. The van der Waals surface area contributed by atoms with Gasteiger partial charge in [-0.3, -0.25) is 14.6 Å². The van der Waals surface area contributed by atoms with Crippen molar-refractivity contribution in [3.63, 3.8) is 0 Å². The van der Waals surface area contributed by atoms with Crippen LogP contribution in [0.1, 0.15) is 19.8 Å². The highest BCUT2D eigenvalue weighted by Crippen LogP contribution is 2.37. The standard InChI is InChI=1S/C13H18NO6P/c1-10(13(15)20-21(16,17)18)14(19-9-11-7-8-11)12-5-3-2-4-6-12/h2-6,10-11H,7-9H2,1H3,(H2,16,17,18)/t10-/m0/s1. The molecule has 21 heavy (non-hydrogen) atoms. The number of nitrogens with zero attached hydrogens (tertiary/aromatic N) is 1. The minimum Gasteiger partial charge on any atom is -0.369 e. The highest BCUT2D eigenvalue weighted by molar-refractivity contribution is 7.46. The first-order chi connectivity index (χ1) is 9.87. The van der Waals surface area contributed by atoms with Crippen molar-refractivity contribution in [3.8, 4) is 0 Å². The van der Waals surface area contributed by atoms with Gasteiger partial charge in [-0.15, -0.1) is 0 Å². The summed E-state index contributed by atoms with van der Waals surface area (Å²) >= 11 is 0. The van der Waals surface area contributed by atoms with E-state index in [1.165, 1.54) is 12.0 Å². The molecule has 0 spiro atoms. The Balaban J connectivity index is 2.09. The molecular formula is C13H18NO6P. The fourth-order valence-electron chi connectivity index (χ4n) is 1.74. The smallest absolute Gasteiger partial charge is 0.369 e. The van der Waals surface area contributed by atoms with E-state index in [4.69, 9.17) is 14.6 Å². The van der Waals surface area contributed by atoms with E-state index in [0.29, 0.717) is 18.2 Å². The van der Waals surface area contributed by atoms with Gasteiger partial charge < -0.3 is 4.52 Å². The molecule has 0 radical (unpaired) electrons. The normalized spacial score (nSPS) is 16.3. The van der Waals surface area contributed by atoms with Gasteiger partial charge in [0.25, 0.3) is 0 Å². The molecule has 0 unspecified atom stereocenters. The van der Waals surface area contributed by atoms with Gasteiger partial charge in [0.05, 0.1) is 12.3 Å². The first-order valence-corrected chi connectivity index (χ1v) is 8.16. The van der Waals surface area contributed by atoms with Crippen LogP contribution in [0.25, 0.3) is 0 Å². The quantitative estimate of drug-likeness (QED) is 0.585. The summed E-state index contributed by atoms with van der Waals surface area (Å²) in [5.74, 6) is -0.566. The van der Waals surface area contributed by atoms with Gasteiger partial charge in [0.1, 0.15) is 0 Å². The maximum atomic E-state index is 11.8. The number of hydroxylamine groups is 1. The molecule has 2 N–H and O–H groups in total. The van der Waals surface area contributed by atoms with Gasteiger partial charge in [-0.25, -0.2) is 14.4 Å². The van der Waals surface area contributed by atoms with Crippen LogP contribution in [0, 0.1) is 5.92 Å². The Bertz CT molecular complexity index is 527. The Morgan fingerprint density at radius 1 is 1.38 bits per heavy atom. The molecule has 7 nitrogen and oxygen atoms in total. The summed E-state index contributed by atoms with van der Waals surface area (Å²) in [5.41, 5.74) is 0.619. The molecule has 2 rings (SSSR count). The van der Waals surface area contributed by atoms with Gasteiger partial charge in [0, 0.05) is 0 Å². The molecule has 0 aliphatic heterocycles. The number of phosphoric ester groups is 1. The summed E-state index contributed by atoms with van der Waals surface area (Å²) in [6.07, 6.45) is 2.17. The highest BCUT2D eigenvalue weighted by atomic mass is 31.2. The van der Waals surface area contributed by atoms with Gasteiger partial charge in [0.15, 0.2) is 6.04 Å². The van der Waals surface area contributed by atoms with E-state index in [9.17, 15) is 9.36 Å². The average molecular weight is 315 g/mol. The van der Waals surface area contributed by atoms with Crippen LogP contribution in [0.3, 0.4) is 0 Å². The van der Waals surface area contributed by atoms with E-state index in [1.807, 2.05) is 6.07 Å². The second kappa shape index (κ2) is 6.58. The van der Waals surface area contributed by atoms with Crippen LogP contribution in [0.2, 0.25) is 0 Å². The second-order valence-corrected chi connectivity index (χ2v) is 6.14. The highest BCUT2D eigenvalue weighted by Gasteiger charge is 2.31. The Labute approximate surface area is 122 Å². The van der Waals surface area contributed by atoms with Crippen molar-refractivity contribution >= 4 is 19.5 Å². The van der Waals surface area contributed by atoms with Crippen molar-refractivity contribution < 1.29 is 28.5 Å². The first kappa shape index (κ1) is 16.0. The van der Waals surface area contributed by atoms with Gasteiger partial charge in [-0.2, -0.15) is 0 Å². The number of carbonyl (C=O) groups is 1. The maximum Gasteiger partial charge on any atom is 0.527 e. The Morgan fingerprint density at radius 3 is 2.52 bits per heavy atom. The lowest BCUT2D eigenvalue weighted by Crippen LogP contribution is -2.40. The number of rotatable bonds is 7. The van der Waals surface area contributed by atoms with Crippen LogP contribution < -0.4 is 5.06 Å². The number of benzene rings is 1. The summed E-state index contributed by atoms with van der Waals surface area (Å²) in [4.78, 5) is 34.9. The minimum atomic E-state index is -4.86. The lowest BCUT2D eigenvalue weighted by atomic mass is 10.2. The predicted molar refractivity (Wildman–Crippen MR) is 75.2 cm³/mol. The van der Waals surface area contributed by atoms with Crippen LogP contribution in [0.15, 0.2) is 30.3 Å². The molecule has 1 atom stereocenters. The third-order valence-electron chi connectivity index (χ3n) is 3.06. The number of anilines is 1. The fraction of sp³-hybridized carbons (Fsp3) is 0.462. The van der Waals surface area contributed by atoms with E-state index in [1.54, 1.807) is 24.3 Å². The largest absolute Gasteiger partial charge is 0.527 e. The molecule has 0 heterocycles. The lowest BCUT2D eigenvalue weighted by molar-refractivity contribution is -0.139. The summed E-state index contributed by atoms with van der Waals surface area (Å²) in [6.45, 7) is 1.93. The molecule has 1 aromatic carbocycles. The number of para-hydroxylation sites is 1. The van der Waals surface area contributed by atoms with E-state index in [0.717, 1.165) is 12.8 Å². The minimum absolute atomic E-state index is 0.461. The molecule has 1 fully saturated rings. The monoisotopic (exact) mass is 315 g/mol. The van der Waals surface area contributed by atoms with Crippen molar-refractivity contribution in [2.24, 2.45) is 5.92 Å². The molecule has 1 aromatic rings. The average Bonchev–Trinajstić information content (AvgIpc) is 3.22. The lowest BCUT2D eigenvalue weighted by Gasteiger charge is -2.28. The predicted octanol–water partition coefficient (Wildman–Crippen LogP) is 1.86. The third-order valence-corrected chi connectivity index (χ3v) is 3.48. The molecule has 116 valence electrons. The SMILES string of the molecule is C[C@@H](C(=O)OP(=O)(O)O)N(OCC1CC1)c1ccccc1. The summed E-state index contributed by atoms with van der Waals surface area (Å²) < 4.78 is 14.9. The topological polar surface area (TPSA) is 96.3 Å². The van der Waals surface area contributed by atoms with Crippen molar-refractivity contribution in [1.82, 2.24) is 0 Å². The Morgan fingerprint density at radius 2 is 2.00 bits per heavy atom. The van der Waals surface area contributed by atoms with Crippen molar-refractivity contribution in [3.05, 3.63) is 30.3 Å². The molecule has 0 saturated heterocycles. The van der Waals surface area contributed by atoms with E-state index >= 15 is 0 Å². The summed E-state index contributed by atoms with van der Waals surface area (Å²) in [7, 11) is -4.86. The molecule has 0 aromatic heterocycles. The van der Waals surface area contributed by atoms with Crippen LogP contribution in [-0.4, -0.2) is 28.4 Å². The van der Waals surface area contributed by atoms with Crippen molar-refractivity contribution in [2.75, 3.05) is 11.7 Å². The summed E-state index contributed by atoms with van der Waals surface area (Å²) in [5, 5.41) is 1.33. The molecular weight excluding hydrogens is 297 g/mol. The van der Waals surface area contributed by atoms with Crippen LogP contribution in [0.4, 0.5) is 5.69 Å². The van der Waals surface area contributed by atoms with Gasteiger partial charge in [-0.05, 0) is 37.8 Å². The zero-order valence-corrected chi connectivity index (χ0v) is 12.5. The number of hydrogen-bond acceptors (Lipinski definition) is 5. The molecule has 1 aliphatic rings. The molecule has 8 heteroatoms. The van der Waals surface area contributed by atoms with E-state index in [-0.39, 0.29) is 0 Å². The molecule has 1 saturated carbocycles. The molecule has 0 bridgehead atoms. The Hall–Kier alpha value is -1.40.